The largest absolute Gasteiger partial charge is 0.352 e. The Labute approximate surface area is 102 Å². The van der Waals surface area contributed by atoms with Gasteiger partial charge in [-0.1, -0.05) is 6.92 Å². The van der Waals surface area contributed by atoms with Crippen LogP contribution in [-0.4, -0.2) is 37.5 Å². The first-order valence-corrected chi connectivity index (χ1v) is 6.44. The smallest absolute Gasteiger partial charge is 0.239 e. The van der Waals surface area contributed by atoms with Gasteiger partial charge in [-0.15, -0.1) is 0 Å². The number of nitrogens with one attached hydrogen (secondary N) is 3. The predicted molar refractivity (Wildman–Crippen MR) is 64.3 cm³/mol. The Kier molecular flexibility index (Phi) is 3.99. The minimum absolute atomic E-state index is 0.0185. The summed E-state index contributed by atoms with van der Waals surface area (Å²) < 4.78 is 0. The molecule has 5 heteroatoms. The molecule has 2 amide bonds. The number of carbonyl (C=O) groups is 2. The van der Waals surface area contributed by atoms with E-state index in [-0.39, 0.29) is 24.3 Å². The third kappa shape index (κ3) is 3.70. The van der Waals surface area contributed by atoms with Crippen molar-refractivity contribution in [3.8, 4) is 0 Å². The van der Waals surface area contributed by atoms with Crippen LogP contribution in [0, 0.1) is 11.8 Å². The van der Waals surface area contributed by atoms with E-state index in [1.807, 2.05) is 0 Å². The van der Waals surface area contributed by atoms with Crippen molar-refractivity contribution in [1.82, 2.24) is 16.0 Å². The van der Waals surface area contributed by atoms with E-state index in [0.717, 1.165) is 32.4 Å². The van der Waals surface area contributed by atoms with Gasteiger partial charge in [0.2, 0.25) is 11.8 Å². The second-order valence-electron chi connectivity index (χ2n) is 5.14. The van der Waals surface area contributed by atoms with E-state index >= 15 is 0 Å². The molecule has 0 radical (unpaired) electrons. The monoisotopic (exact) mass is 239 g/mol. The molecule has 2 fully saturated rings. The van der Waals surface area contributed by atoms with E-state index in [4.69, 9.17) is 0 Å². The third-order valence-electron chi connectivity index (χ3n) is 3.49. The SMILES string of the molecule is CC1CNCCC1C(=O)NCC(=O)NC1CC1. The van der Waals surface area contributed by atoms with Gasteiger partial charge in [0.1, 0.15) is 0 Å². The van der Waals surface area contributed by atoms with Gasteiger partial charge in [-0.3, -0.25) is 9.59 Å². The number of hydrogen-bond acceptors (Lipinski definition) is 3. The fourth-order valence-corrected chi connectivity index (χ4v) is 2.21. The molecule has 17 heavy (non-hydrogen) atoms. The van der Waals surface area contributed by atoms with Gasteiger partial charge in [0.05, 0.1) is 6.54 Å². The molecule has 0 bridgehead atoms. The molecule has 2 rings (SSSR count). The van der Waals surface area contributed by atoms with Crippen molar-refractivity contribution in [3.63, 3.8) is 0 Å². The van der Waals surface area contributed by atoms with Crippen LogP contribution < -0.4 is 16.0 Å². The normalized spacial score (nSPS) is 28.5. The highest BCUT2D eigenvalue weighted by Crippen LogP contribution is 2.19. The van der Waals surface area contributed by atoms with Crippen LogP contribution in [0.5, 0.6) is 0 Å². The number of carbonyl (C=O) groups excluding carboxylic acids is 2. The summed E-state index contributed by atoms with van der Waals surface area (Å²) in [7, 11) is 0. The molecule has 1 heterocycles. The van der Waals surface area contributed by atoms with Gasteiger partial charge < -0.3 is 16.0 Å². The zero-order chi connectivity index (χ0) is 12.3. The lowest BCUT2D eigenvalue weighted by molar-refractivity contribution is -0.130. The molecule has 1 saturated heterocycles. The topological polar surface area (TPSA) is 70.2 Å². The van der Waals surface area contributed by atoms with Gasteiger partial charge in [-0.25, -0.2) is 0 Å². The number of piperidine rings is 1. The Bertz CT molecular complexity index is 302. The molecular weight excluding hydrogens is 218 g/mol. The lowest BCUT2D eigenvalue weighted by Crippen LogP contribution is -2.46. The van der Waals surface area contributed by atoms with E-state index in [1.165, 1.54) is 0 Å². The van der Waals surface area contributed by atoms with E-state index < -0.39 is 0 Å². The summed E-state index contributed by atoms with van der Waals surface area (Å²) in [5.74, 6) is 0.340. The first-order chi connectivity index (χ1) is 8.16. The molecule has 2 unspecified atom stereocenters. The average Bonchev–Trinajstić information content (AvgIpc) is 3.10. The molecule has 0 aromatic heterocycles. The zero-order valence-electron chi connectivity index (χ0n) is 10.3. The molecule has 0 aromatic carbocycles. The van der Waals surface area contributed by atoms with Crippen molar-refractivity contribution in [2.45, 2.75) is 32.2 Å². The lowest BCUT2D eigenvalue weighted by Gasteiger charge is -2.28. The quantitative estimate of drug-likeness (QED) is 0.627. The van der Waals surface area contributed by atoms with Crippen LogP contribution in [0.15, 0.2) is 0 Å². The zero-order valence-corrected chi connectivity index (χ0v) is 10.3. The van der Waals surface area contributed by atoms with E-state index in [2.05, 4.69) is 22.9 Å². The Balaban J connectivity index is 1.69. The molecule has 0 spiro atoms. The van der Waals surface area contributed by atoms with Crippen molar-refractivity contribution in [1.29, 1.82) is 0 Å². The minimum Gasteiger partial charge on any atom is -0.352 e. The molecule has 0 aromatic rings. The maximum atomic E-state index is 11.9. The summed E-state index contributed by atoms with van der Waals surface area (Å²) in [4.78, 5) is 23.3. The fourth-order valence-electron chi connectivity index (χ4n) is 2.21. The Morgan fingerprint density at radius 1 is 1.29 bits per heavy atom. The third-order valence-corrected chi connectivity index (χ3v) is 3.49. The van der Waals surface area contributed by atoms with Crippen molar-refractivity contribution in [2.75, 3.05) is 19.6 Å². The van der Waals surface area contributed by atoms with Crippen molar-refractivity contribution in [2.24, 2.45) is 11.8 Å². The molecule has 1 saturated carbocycles. The minimum atomic E-state index is -0.0672. The van der Waals surface area contributed by atoms with Gasteiger partial charge in [0, 0.05) is 12.0 Å². The van der Waals surface area contributed by atoms with Gasteiger partial charge in [-0.2, -0.15) is 0 Å². The average molecular weight is 239 g/mol. The van der Waals surface area contributed by atoms with Crippen molar-refractivity contribution < 1.29 is 9.59 Å². The van der Waals surface area contributed by atoms with E-state index in [1.54, 1.807) is 0 Å². The predicted octanol–water partition coefficient (Wildman–Crippen LogP) is -0.373. The fraction of sp³-hybridized carbons (Fsp3) is 0.833. The number of hydrogen-bond donors (Lipinski definition) is 3. The molecule has 2 aliphatic rings. The van der Waals surface area contributed by atoms with Crippen LogP contribution in [0.25, 0.3) is 0 Å². The summed E-state index contributed by atoms with van der Waals surface area (Å²) >= 11 is 0. The van der Waals surface area contributed by atoms with Crippen LogP contribution in [0.1, 0.15) is 26.2 Å². The highest BCUT2D eigenvalue weighted by molar-refractivity contribution is 5.86. The van der Waals surface area contributed by atoms with E-state index in [0.29, 0.717) is 12.0 Å². The molecule has 1 aliphatic carbocycles. The Hall–Kier alpha value is -1.10. The first kappa shape index (κ1) is 12.4. The van der Waals surface area contributed by atoms with Gasteiger partial charge in [-0.05, 0) is 38.3 Å². The van der Waals surface area contributed by atoms with Gasteiger partial charge in [0.15, 0.2) is 0 Å². The highest BCUT2D eigenvalue weighted by atomic mass is 16.2. The summed E-state index contributed by atoms with van der Waals surface area (Å²) in [6, 6.07) is 0.359. The highest BCUT2D eigenvalue weighted by Gasteiger charge is 2.28. The maximum absolute atomic E-state index is 11.9. The second-order valence-corrected chi connectivity index (χ2v) is 5.14. The summed E-state index contributed by atoms with van der Waals surface area (Å²) in [5, 5.41) is 8.85. The number of amides is 2. The van der Waals surface area contributed by atoms with Crippen molar-refractivity contribution in [3.05, 3.63) is 0 Å². The van der Waals surface area contributed by atoms with Gasteiger partial charge in [0.25, 0.3) is 0 Å². The molecule has 3 N–H and O–H groups in total. The molecule has 1 aliphatic heterocycles. The van der Waals surface area contributed by atoms with Crippen molar-refractivity contribution >= 4 is 11.8 Å². The number of rotatable bonds is 4. The molecular formula is C12H21N3O2. The summed E-state index contributed by atoms with van der Waals surface area (Å²) in [5.41, 5.74) is 0. The molecule has 96 valence electrons. The van der Waals surface area contributed by atoms with E-state index in [9.17, 15) is 9.59 Å². The van der Waals surface area contributed by atoms with Crippen LogP contribution in [0.2, 0.25) is 0 Å². The standard InChI is InChI=1S/C12H21N3O2/c1-8-6-13-5-4-10(8)12(17)14-7-11(16)15-9-2-3-9/h8-10,13H,2-7H2,1H3,(H,14,17)(H,15,16). The summed E-state index contributed by atoms with van der Waals surface area (Å²) in [6.45, 7) is 3.95. The Morgan fingerprint density at radius 3 is 2.71 bits per heavy atom. The van der Waals surface area contributed by atoms with Crippen LogP contribution in [-0.2, 0) is 9.59 Å². The molecule has 2 atom stereocenters. The van der Waals surface area contributed by atoms with Crippen LogP contribution in [0.3, 0.4) is 0 Å². The molecule has 5 nitrogen and oxygen atoms in total. The Morgan fingerprint density at radius 2 is 2.06 bits per heavy atom. The lowest BCUT2D eigenvalue weighted by atomic mass is 9.87. The van der Waals surface area contributed by atoms with Crippen LogP contribution in [0.4, 0.5) is 0 Å². The summed E-state index contributed by atoms with van der Waals surface area (Å²) in [6.07, 6.45) is 3.01. The first-order valence-electron chi connectivity index (χ1n) is 6.44. The second kappa shape index (κ2) is 5.49. The maximum Gasteiger partial charge on any atom is 0.239 e. The van der Waals surface area contributed by atoms with Gasteiger partial charge >= 0.3 is 0 Å². The van der Waals surface area contributed by atoms with Crippen LogP contribution >= 0.6 is 0 Å².